The van der Waals surface area contributed by atoms with Crippen LogP contribution in [0.2, 0.25) is 5.02 Å². The van der Waals surface area contributed by atoms with Crippen LogP contribution in [0.4, 0.5) is 16.2 Å². The van der Waals surface area contributed by atoms with Crippen molar-refractivity contribution in [3.05, 3.63) is 136 Å². The Morgan fingerprint density at radius 2 is 1.71 bits per heavy atom. The fourth-order valence-electron chi connectivity index (χ4n) is 5.39. The molecule has 49 heavy (non-hydrogen) atoms. The van der Waals surface area contributed by atoms with E-state index in [4.69, 9.17) is 16.3 Å². The molecule has 5 aromatic rings. The number of aromatic nitrogens is 4. The van der Waals surface area contributed by atoms with Crippen LogP contribution in [-0.4, -0.2) is 60.6 Å². The average molecular weight is 678 g/mol. The molecule has 2 heterocycles. The van der Waals surface area contributed by atoms with Gasteiger partial charge in [0.05, 0.1) is 11.3 Å². The van der Waals surface area contributed by atoms with E-state index in [2.05, 4.69) is 26.2 Å². The number of rotatable bonds is 9. The summed E-state index contributed by atoms with van der Waals surface area (Å²) in [4.78, 5) is 53.3. The summed E-state index contributed by atoms with van der Waals surface area (Å²) in [5, 5.41) is 26.5. The first-order valence-corrected chi connectivity index (χ1v) is 15.4. The third-order valence-electron chi connectivity index (χ3n) is 7.76. The molecule has 246 valence electrons. The zero-order chi connectivity index (χ0) is 34.3. The van der Waals surface area contributed by atoms with Gasteiger partial charge in [0.25, 0.3) is 5.91 Å². The Bertz CT molecular complexity index is 2040. The molecular formula is C35H28ClN7O6. The maximum atomic E-state index is 14.0. The van der Waals surface area contributed by atoms with E-state index in [1.165, 1.54) is 46.3 Å². The molecule has 1 aliphatic rings. The molecule has 6 rings (SSSR count). The number of aromatic carboxylic acids is 1. The van der Waals surface area contributed by atoms with Crippen LogP contribution in [-0.2, 0) is 27.4 Å². The van der Waals surface area contributed by atoms with E-state index in [0.717, 1.165) is 11.1 Å². The number of carboxylic acids is 1. The highest BCUT2D eigenvalue weighted by Crippen LogP contribution is 2.34. The summed E-state index contributed by atoms with van der Waals surface area (Å²) in [6.45, 7) is 0.285. The molecule has 0 saturated heterocycles. The van der Waals surface area contributed by atoms with Gasteiger partial charge in [-0.25, -0.2) is 9.59 Å². The van der Waals surface area contributed by atoms with Crippen LogP contribution in [0, 0.1) is 0 Å². The lowest BCUT2D eigenvalue weighted by molar-refractivity contribution is -0.135. The minimum Gasteiger partial charge on any atom is -0.478 e. The van der Waals surface area contributed by atoms with Gasteiger partial charge in [0.15, 0.2) is 0 Å². The summed E-state index contributed by atoms with van der Waals surface area (Å²) in [6.07, 6.45) is 4.08. The third kappa shape index (κ3) is 7.80. The van der Waals surface area contributed by atoms with E-state index < -0.39 is 29.9 Å². The van der Waals surface area contributed by atoms with Gasteiger partial charge in [0.2, 0.25) is 5.91 Å². The maximum absolute atomic E-state index is 14.0. The van der Waals surface area contributed by atoms with Crippen LogP contribution < -0.4 is 10.6 Å². The van der Waals surface area contributed by atoms with Crippen LogP contribution in [0.1, 0.15) is 38.7 Å². The highest BCUT2D eigenvalue weighted by atomic mass is 35.5. The second-order valence-corrected chi connectivity index (χ2v) is 11.4. The molecule has 0 saturated carbocycles. The first-order valence-electron chi connectivity index (χ1n) is 15.0. The predicted molar refractivity (Wildman–Crippen MR) is 180 cm³/mol. The number of carbonyl (C=O) groups is 4. The largest absolute Gasteiger partial charge is 0.478 e. The number of fused-ring (bicyclic) bond motifs is 1. The topological polar surface area (TPSA) is 169 Å². The molecular weight excluding hydrogens is 650 g/mol. The lowest BCUT2D eigenvalue weighted by Crippen LogP contribution is -2.44. The highest BCUT2D eigenvalue weighted by Gasteiger charge is 2.36. The van der Waals surface area contributed by atoms with Gasteiger partial charge in [-0.1, -0.05) is 48.0 Å². The van der Waals surface area contributed by atoms with Crippen molar-refractivity contribution in [2.45, 2.75) is 19.1 Å². The highest BCUT2D eigenvalue weighted by molar-refractivity contribution is 6.30. The summed E-state index contributed by atoms with van der Waals surface area (Å²) in [5.41, 5.74) is 4.05. The molecule has 0 bridgehead atoms. The fourth-order valence-corrected chi connectivity index (χ4v) is 5.57. The summed E-state index contributed by atoms with van der Waals surface area (Å²) < 4.78 is 6.80. The Hall–Kier alpha value is -6.34. The van der Waals surface area contributed by atoms with Crippen LogP contribution in [0.3, 0.4) is 0 Å². The van der Waals surface area contributed by atoms with E-state index in [1.54, 1.807) is 42.5 Å². The molecule has 1 aromatic heterocycles. The van der Waals surface area contributed by atoms with Gasteiger partial charge >= 0.3 is 12.1 Å². The van der Waals surface area contributed by atoms with Crippen molar-refractivity contribution in [1.29, 1.82) is 0 Å². The summed E-state index contributed by atoms with van der Waals surface area (Å²) in [6, 6.07) is 24.0. The van der Waals surface area contributed by atoms with Crippen LogP contribution >= 0.6 is 11.6 Å². The zero-order valence-corrected chi connectivity index (χ0v) is 26.4. The summed E-state index contributed by atoms with van der Waals surface area (Å²) >= 11 is 6.25. The number of nitrogens with one attached hydrogen (secondary N) is 2. The van der Waals surface area contributed by atoms with Gasteiger partial charge in [-0.2, -0.15) is 4.68 Å². The molecule has 1 atom stereocenters. The molecule has 3 N–H and O–H groups in total. The summed E-state index contributed by atoms with van der Waals surface area (Å²) in [5.74, 6) is -2.10. The van der Waals surface area contributed by atoms with Crippen molar-refractivity contribution >= 4 is 52.9 Å². The number of hydrogen-bond acceptors (Lipinski definition) is 8. The van der Waals surface area contributed by atoms with Crippen molar-refractivity contribution in [2.75, 3.05) is 17.2 Å². The van der Waals surface area contributed by atoms with Crippen LogP contribution in [0.5, 0.6) is 0 Å². The minimum absolute atomic E-state index is 0.0554. The molecule has 13 nitrogen and oxygen atoms in total. The number of tetrazole rings is 1. The minimum atomic E-state index is -1.11. The molecule has 0 aliphatic carbocycles. The Labute approximate surface area is 284 Å². The molecule has 0 fully saturated rings. The number of amides is 3. The van der Waals surface area contributed by atoms with Crippen molar-refractivity contribution in [2.24, 2.45) is 0 Å². The van der Waals surface area contributed by atoms with E-state index in [9.17, 15) is 24.3 Å². The Kier molecular flexibility index (Phi) is 9.72. The van der Waals surface area contributed by atoms with E-state index >= 15 is 0 Å². The Balaban J connectivity index is 1.28. The normalized spacial score (nSPS) is 13.8. The van der Waals surface area contributed by atoms with Crippen molar-refractivity contribution in [3.63, 3.8) is 0 Å². The Morgan fingerprint density at radius 1 is 0.939 bits per heavy atom. The number of carboxylic acid groups (broad SMARTS) is 1. The van der Waals surface area contributed by atoms with Gasteiger partial charge < -0.3 is 20.1 Å². The van der Waals surface area contributed by atoms with Gasteiger partial charge in [-0.15, -0.1) is 5.10 Å². The fraction of sp³-hybridized carbons (Fsp3) is 0.114. The van der Waals surface area contributed by atoms with Crippen LogP contribution in [0.25, 0.3) is 11.8 Å². The second-order valence-electron chi connectivity index (χ2n) is 10.9. The Morgan fingerprint density at radius 3 is 2.45 bits per heavy atom. The predicted octanol–water partition coefficient (Wildman–Crippen LogP) is 5.54. The molecule has 0 radical (unpaired) electrons. The first kappa shape index (κ1) is 32.6. The van der Waals surface area contributed by atoms with E-state index in [0.29, 0.717) is 39.6 Å². The lowest BCUT2D eigenvalue weighted by Gasteiger charge is -2.36. The van der Waals surface area contributed by atoms with Gasteiger partial charge in [-0.05, 0) is 94.2 Å². The quantitative estimate of drug-likeness (QED) is 0.170. The zero-order valence-electron chi connectivity index (χ0n) is 25.7. The number of nitrogens with zero attached hydrogens (tertiary/aromatic N) is 5. The molecule has 4 aromatic carbocycles. The van der Waals surface area contributed by atoms with Gasteiger partial charge in [0, 0.05) is 34.6 Å². The van der Waals surface area contributed by atoms with Crippen molar-refractivity contribution in [1.82, 2.24) is 25.1 Å². The monoisotopic (exact) mass is 677 g/mol. The van der Waals surface area contributed by atoms with E-state index in [1.807, 2.05) is 30.3 Å². The second kappa shape index (κ2) is 14.6. The maximum Gasteiger partial charge on any atom is 0.411 e. The molecule has 0 spiro atoms. The standard InChI is InChI=1S/C35H28ClN7O6/c36-26-10-14-30(43-21-37-40-41-43)25(18-26)9-15-31(44)42-17-16-23-6-13-28(39-35(48)49-20-22-4-2-1-3-5-22)19-29(23)32(42)33(45)38-27-11-7-24(8-12-27)34(46)47/h1-15,18-19,21,32H,16-17,20H2,(H,38,45)(H,39,48)(H,46,47). The number of anilines is 2. The number of halogens is 1. The number of ether oxygens (including phenoxy) is 1. The molecule has 3 amide bonds. The number of hydrogen-bond donors (Lipinski definition) is 3. The number of carbonyl (C=O) groups excluding carboxylic acids is 3. The molecule has 14 heteroatoms. The summed E-state index contributed by atoms with van der Waals surface area (Å²) in [7, 11) is 0. The smallest absolute Gasteiger partial charge is 0.411 e. The molecule has 1 unspecified atom stereocenters. The van der Waals surface area contributed by atoms with Gasteiger partial charge in [0.1, 0.15) is 19.0 Å². The van der Waals surface area contributed by atoms with Crippen molar-refractivity contribution in [3.8, 4) is 5.69 Å². The third-order valence-corrected chi connectivity index (χ3v) is 7.99. The average Bonchev–Trinajstić information content (AvgIpc) is 3.65. The van der Waals surface area contributed by atoms with Crippen molar-refractivity contribution < 1.29 is 29.0 Å². The van der Waals surface area contributed by atoms with Crippen LogP contribution in [0.15, 0.2) is 103 Å². The SMILES string of the molecule is O=C(Nc1ccc2c(c1)C(C(=O)Nc1ccc(C(=O)O)cc1)N(C(=O)C=Cc1cc(Cl)ccc1-n1cnnn1)CC2)OCc1ccccc1. The first-order chi connectivity index (χ1) is 23.7. The lowest BCUT2D eigenvalue weighted by atomic mass is 9.91. The number of benzene rings is 4. The van der Waals surface area contributed by atoms with E-state index in [-0.39, 0.29) is 18.7 Å². The van der Waals surface area contributed by atoms with Gasteiger partial charge in [-0.3, -0.25) is 14.9 Å². The molecule has 1 aliphatic heterocycles.